The number of nitrogens with two attached hydrogens (primary N) is 2. The number of rotatable bonds is 2. The van der Waals surface area contributed by atoms with Gasteiger partial charge in [0.15, 0.2) is 0 Å². The second-order valence-corrected chi connectivity index (χ2v) is 5.70. The molecule has 4 nitrogen and oxygen atoms in total. The number of hydrogen-bond donors (Lipinski definition) is 2. The normalized spacial score (nSPS) is 11.4. The predicted molar refractivity (Wildman–Crippen MR) is 67.1 cm³/mol. The molecule has 94 valence electrons. The summed E-state index contributed by atoms with van der Waals surface area (Å²) in [7, 11) is -3.70. The Kier molecular flexibility index (Phi) is 2.96. The first-order valence-electron chi connectivity index (χ1n) is 5.07. The van der Waals surface area contributed by atoms with Crippen molar-refractivity contribution in [1.82, 2.24) is 0 Å². The zero-order chi connectivity index (χ0) is 13.3. The van der Waals surface area contributed by atoms with Crippen molar-refractivity contribution < 1.29 is 12.8 Å². The minimum Gasteiger partial charge on any atom is -0.397 e. The van der Waals surface area contributed by atoms with Crippen LogP contribution in [0.2, 0.25) is 0 Å². The number of sulfone groups is 1. The van der Waals surface area contributed by atoms with Gasteiger partial charge in [-0.05, 0) is 42.5 Å². The molecule has 2 rings (SSSR count). The Morgan fingerprint density at radius 1 is 0.833 bits per heavy atom. The van der Waals surface area contributed by atoms with Crippen molar-refractivity contribution in [3.8, 4) is 0 Å². The zero-order valence-corrected chi connectivity index (χ0v) is 10.1. The van der Waals surface area contributed by atoms with Crippen LogP contribution in [0.3, 0.4) is 0 Å². The van der Waals surface area contributed by atoms with Gasteiger partial charge in [-0.15, -0.1) is 0 Å². The van der Waals surface area contributed by atoms with Crippen molar-refractivity contribution in [3.05, 3.63) is 48.3 Å². The maximum atomic E-state index is 12.8. The van der Waals surface area contributed by atoms with Crippen LogP contribution in [0.5, 0.6) is 0 Å². The van der Waals surface area contributed by atoms with Gasteiger partial charge in [0.1, 0.15) is 5.82 Å². The lowest BCUT2D eigenvalue weighted by Crippen LogP contribution is -2.04. The maximum absolute atomic E-state index is 12.8. The van der Waals surface area contributed by atoms with Crippen LogP contribution < -0.4 is 11.5 Å². The highest BCUT2D eigenvalue weighted by Crippen LogP contribution is 2.25. The summed E-state index contributed by atoms with van der Waals surface area (Å²) in [6.07, 6.45) is 0. The highest BCUT2D eigenvalue weighted by molar-refractivity contribution is 7.91. The first-order valence-corrected chi connectivity index (χ1v) is 6.55. The number of anilines is 2. The molecule has 0 radical (unpaired) electrons. The molecule has 0 spiro atoms. The third-order valence-electron chi connectivity index (χ3n) is 2.49. The van der Waals surface area contributed by atoms with Crippen molar-refractivity contribution in [1.29, 1.82) is 0 Å². The molecule has 0 heterocycles. The Labute approximate surface area is 104 Å². The fourth-order valence-electron chi connectivity index (χ4n) is 1.47. The second-order valence-electron chi connectivity index (χ2n) is 3.75. The lowest BCUT2D eigenvalue weighted by molar-refractivity contribution is 0.595. The summed E-state index contributed by atoms with van der Waals surface area (Å²) in [6, 6.07) is 8.67. The van der Waals surface area contributed by atoms with Crippen LogP contribution in [0.15, 0.2) is 52.3 Å². The molecule has 0 amide bonds. The number of benzene rings is 2. The highest BCUT2D eigenvalue weighted by atomic mass is 32.2. The fraction of sp³-hybridized carbons (Fsp3) is 0. The van der Waals surface area contributed by atoms with Crippen LogP contribution >= 0.6 is 0 Å². The van der Waals surface area contributed by atoms with E-state index in [0.29, 0.717) is 5.69 Å². The first-order chi connectivity index (χ1) is 8.41. The van der Waals surface area contributed by atoms with Gasteiger partial charge in [0.05, 0.1) is 21.2 Å². The third kappa shape index (κ3) is 2.14. The molecule has 0 bridgehead atoms. The smallest absolute Gasteiger partial charge is 0.206 e. The van der Waals surface area contributed by atoms with Gasteiger partial charge in [-0.1, -0.05) is 0 Å². The molecule has 18 heavy (non-hydrogen) atoms. The SMILES string of the molecule is Nc1ccc(S(=O)(=O)c2ccc(F)cc2)cc1N. The summed E-state index contributed by atoms with van der Waals surface area (Å²) in [5, 5.41) is 0. The minimum absolute atomic E-state index is 0.00747. The molecule has 0 unspecified atom stereocenters. The molecule has 0 aliphatic heterocycles. The molecule has 4 N–H and O–H groups in total. The molecule has 2 aromatic rings. The van der Waals surface area contributed by atoms with Crippen molar-refractivity contribution >= 4 is 21.2 Å². The van der Waals surface area contributed by atoms with E-state index < -0.39 is 15.7 Å². The van der Waals surface area contributed by atoms with E-state index in [0.717, 1.165) is 12.1 Å². The van der Waals surface area contributed by atoms with E-state index in [9.17, 15) is 12.8 Å². The topological polar surface area (TPSA) is 86.2 Å². The van der Waals surface area contributed by atoms with E-state index in [1.165, 1.54) is 30.3 Å². The van der Waals surface area contributed by atoms with Crippen LogP contribution in [0.4, 0.5) is 15.8 Å². The molecule has 0 saturated heterocycles. The van der Waals surface area contributed by atoms with Crippen LogP contribution in [-0.4, -0.2) is 8.42 Å². The maximum Gasteiger partial charge on any atom is 0.206 e. The largest absolute Gasteiger partial charge is 0.397 e. The summed E-state index contributed by atoms with van der Waals surface area (Å²) in [4.78, 5) is 0.0360. The summed E-state index contributed by atoms with van der Waals surface area (Å²) in [6.45, 7) is 0. The van der Waals surface area contributed by atoms with Gasteiger partial charge >= 0.3 is 0 Å². The van der Waals surface area contributed by atoms with Crippen LogP contribution in [0, 0.1) is 5.82 Å². The second kappa shape index (κ2) is 4.30. The molecule has 2 aromatic carbocycles. The van der Waals surface area contributed by atoms with Gasteiger partial charge < -0.3 is 11.5 Å². The van der Waals surface area contributed by atoms with Gasteiger partial charge in [-0.3, -0.25) is 0 Å². The van der Waals surface area contributed by atoms with Crippen LogP contribution in [0.1, 0.15) is 0 Å². The van der Waals surface area contributed by atoms with Gasteiger partial charge in [0.25, 0.3) is 0 Å². The van der Waals surface area contributed by atoms with Gasteiger partial charge in [0, 0.05) is 0 Å². The molecule has 0 aliphatic rings. The van der Waals surface area contributed by atoms with Crippen LogP contribution in [0.25, 0.3) is 0 Å². The Morgan fingerprint density at radius 3 is 1.94 bits per heavy atom. The minimum atomic E-state index is -3.70. The highest BCUT2D eigenvalue weighted by Gasteiger charge is 2.18. The monoisotopic (exact) mass is 266 g/mol. The van der Waals surface area contributed by atoms with Gasteiger partial charge in [0.2, 0.25) is 9.84 Å². The molecule has 0 saturated carbocycles. The number of halogens is 1. The molecular formula is C12H11FN2O2S. The third-order valence-corrected chi connectivity index (χ3v) is 4.26. The average Bonchev–Trinajstić information content (AvgIpc) is 2.33. The lowest BCUT2D eigenvalue weighted by Gasteiger charge is -2.06. The number of hydrogen-bond acceptors (Lipinski definition) is 4. The average molecular weight is 266 g/mol. The fourth-order valence-corrected chi connectivity index (χ4v) is 2.77. The van der Waals surface area contributed by atoms with Gasteiger partial charge in [-0.2, -0.15) is 0 Å². The number of nitrogen functional groups attached to an aromatic ring is 2. The molecule has 0 aliphatic carbocycles. The first kappa shape index (κ1) is 12.4. The Bertz CT molecular complexity index is 682. The van der Waals surface area contributed by atoms with Crippen molar-refractivity contribution in [2.24, 2.45) is 0 Å². The Balaban J connectivity index is 2.54. The Morgan fingerprint density at radius 2 is 1.39 bits per heavy atom. The van der Waals surface area contributed by atoms with E-state index in [1.54, 1.807) is 0 Å². The van der Waals surface area contributed by atoms with E-state index in [1.807, 2.05) is 0 Å². The molecule has 0 aromatic heterocycles. The van der Waals surface area contributed by atoms with Crippen molar-refractivity contribution in [2.75, 3.05) is 11.5 Å². The summed E-state index contributed by atoms with van der Waals surface area (Å²) >= 11 is 0. The lowest BCUT2D eigenvalue weighted by atomic mass is 10.3. The zero-order valence-electron chi connectivity index (χ0n) is 9.30. The van der Waals surface area contributed by atoms with E-state index in [-0.39, 0.29) is 15.5 Å². The predicted octanol–water partition coefficient (Wildman–Crippen LogP) is 1.82. The molecule has 0 fully saturated rings. The standard InChI is InChI=1S/C12H11FN2O2S/c13-8-1-3-9(4-2-8)18(16,17)10-5-6-11(14)12(15)7-10/h1-7H,14-15H2. The van der Waals surface area contributed by atoms with E-state index >= 15 is 0 Å². The van der Waals surface area contributed by atoms with Crippen molar-refractivity contribution in [2.45, 2.75) is 9.79 Å². The quantitative estimate of drug-likeness (QED) is 0.641. The van der Waals surface area contributed by atoms with E-state index in [4.69, 9.17) is 11.5 Å². The van der Waals surface area contributed by atoms with Crippen molar-refractivity contribution in [3.63, 3.8) is 0 Å². The summed E-state index contributed by atoms with van der Waals surface area (Å²) in [5.41, 5.74) is 11.6. The molecule has 6 heteroatoms. The Hall–Kier alpha value is -2.08. The van der Waals surface area contributed by atoms with Gasteiger partial charge in [-0.25, -0.2) is 12.8 Å². The molecular weight excluding hydrogens is 255 g/mol. The summed E-state index contributed by atoms with van der Waals surface area (Å²) in [5.74, 6) is -0.495. The van der Waals surface area contributed by atoms with Crippen LogP contribution in [-0.2, 0) is 9.84 Å². The van der Waals surface area contributed by atoms with E-state index in [2.05, 4.69) is 0 Å². The summed E-state index contributed by atoms with van der Waals surface area (Å²) < 4.78 is 37.1. The molecule has 0 atom stereocenters.